The Morgan fingerprint density at radius 1 is 1.28 bits per heavy atom. The molecule has 4 nitrogen and oxygen atoms in total. The van der Waals surface area contributed by atoms with Crippen LogP contribution in [0.1, 0.15) is 39.0 Å². The van der Waals surface area contributed by atoms with Gasteiger partial charge in [-0.15, -0.1) is 0 Å². The smallest absolute Gasteiger partial charge is 0.307 e. The maximum absolute atomic E-state index is 12.1. The van der Waals surface area contributed by atoms with E-state index in [-0.39, 0.29) is 11.3 Å². The van der Waals surface area contributed by atoms with Gasteiger partial charge in [-0.25, -0.2) is 0 Å². The van der Waals surface area contributed by atoms with E-state index in [0.29, 0.717) is 19.4 Å². The molecule has 2 aliphatic carbocycles. The van der Waals surface area contributed by atoms with Crippen molar-refractivity contribution in [2.24, 2.45) is 17.3 Å². The molecule has 0 heterocycles. The topological polar surface area (TPSA) is 66.4 Å². The molecular formula is C14H21NO3. The van der Waals surface area contributed by atoms with E-state index in [1.165, 1.54) is 6.42 Å². The summed E-state index contributed by atoms with van der Waals surface area (Å²) in [5.41, 5.74) is 0.235. The summed E-state index contributed by atoms with van der Waals surface area (Å²) in [6, 6.07) is 0. The van der Waals surface area contributed by atoms with Gasteiger partial charge in [-0.05, 0) is 31.1 Å². The molecule has 100 valence electrons. The van der Waals surface area contributed by atoms with Crippen LogP contribution in [0.4, 0.5) is 0 Å². The molecular weight excluding hydrogens is 230 g/mol. The van der Waals surface area contributed by atoms with Gasteiger partial charge >= 0.3 is 5.97 Å². The Bertz CT molecular complexity index is 371. The first kappa shape index (κ1) is 13.1. The number of hydrogen-bond acceptors (Lipinski definition) is 2. The van der Waals surface area contributed by atoms with Gasteiger partial charge in [-0.1, -0.05) is 25.5 Å². The molecule has 0 aromatic carbocycles. The molecule has 0 aliphatic heterocycles. The standard InChI is InChI=1S/C14H21NO3/c1-14(7-4-8-14)9-15-12(16)10-5-2-3-6-11(10)13(17)18/h2-3,10-11H,4-9H2,1H3,(H,15,16)(H,17,18)/t10-,11+/m1/s1. The summed E-state index contributed by atoms with van der Waals surface area (Å²) in [7, 11) is 0. The molecule has 1 amide bonds. The van der Waals surface area contributed by atoms with Gasteiger partial charge in [0, 0.05) is 6.54 Å². The molecule has 0 aromatic rings. The van der Waals surface area contributed by atoms with Crippen LogP contribution in [-0.4, -0.2) is 23.5 Å². The Labute approximate surface area is 107 Å². The second kappa shape index (κ2) is 5.12. The van der Waals surface area contributed by atoms with Crippen LogP contribution in [0, 0.1) is 17.3 Å². The average Bonchev–Trinajstić information content (AvgIpc) is 2.33. The van der Waals surface area contributed by atoms with Crippen LogP contribution in [0.2, 0.25) is 0 Å². The second-order valence-corrected chi connectivity index (χ2v) is 5.88. The summed E-state index contributed by atoms with van der Waals surface area (Å²) < 4.78 is 0. The Hall–Kier alpha value is -1.32. The molecule has 0 radical (unpaired) electrons. The van der Waals surface area contributed by atoms with Crippen molar-refractivity contribution < 1.29 is 14.7 Å². The summed E-state index contributed by atoms with van der Waals surface area (Å²) in [5.74, 6) is -1.94. The SMILES string of the molecule is CC1(CNC(=O)[C@@H]2CC=CC[C@@H]2C(=O)O)CCC1. The predicted molar refractivity (Wildman–Crippen MR) is 68.0 cm³/mol. The van der Waals surface area contributed by atoms with Crippen molar-refractivity contribution in [3.8, 4) is 0 Å². The summed E-state index contributed by atoms with van der Waals surface area (Å²) in [6.45, 7) is 2.85. The van der Waals surface area contributed by atoms with Crippen molar-refractivity contribution >= 4 is 11.9 Å². The zero-order valence-corrected chi connectivity index (χ0v) is 10.8. The fraction of sp³-hybridized carbons (Fsp3) is 0.714. The fourth-order valence-electron chi connectivity index (χ4n) is 2.77. The number of rotatable bonds is 4. The number of aliphatic carboxylic acids is 1. The average molecular weight is 251 g/mol. The number of carbonyl (C=O) groups is 2. The minimum Gasteiger partial charge on any atom is -0.481 e. The van der Waals surface area contributed by atoms with E-state index in [9.17, 15) is 9.59 Å². The molecule has 2 rings (SSSR count). The molecule has 0 unspecified atom stereocenters. The van der Waals surface area contributed by atoms with Crippen molar-refractivity contribution in [2.45, 2.75) is 39.0 Å². The zero-order valence-electron chi connectivity index (χ0n) is 10.8. The molecule has 4 heteroatoms. The molecule has 0 spiro atoms. The highest BCUT2D eigenvalue weighted by atomic mass is 16.4. The van der Waals surface area contributed by atoms with E-state index in [1.54, 1.807) is 0 Å². The normalized spacial score (nSPS) is 29.4. The summed E-state index contributed by atoms with van der Waals surface area (Å²) in [6.07, 6.45) is 8.31. The number of amides is 1. The molecule has 1 fully saturated rings. The van der Waals surface area contributed by atoms with Crippen LogP contribution in [0.3, 0.4) is 0 Å². The molecule has 18 heavy (non-hydrogen) atoms. The van der Waals surface area contributed by atoms with E-state index in [1.807, 2.05) is 12.2 Å². The van der Waals surface area contributed by atoms with Gasteiger partial charge in [0.15, 0.2) is 0 Å². The van der Waals surface area contributed by atoms with E-state index in [0.717, 1.165) is 12.8 Å². The molecule has 0 saturated heterocycles. The minimum absolute atomic E-state index is 0.0973. The Balaban J connectivity index is 1.90. The van der Waals surface area contributed by atoms with Gasteiger partial charge in [-0.3, -0.25) is 9.59 Å². The minimum atomic E-state index is -0.866. The highest BCUT2D eigenvalue weighted by Crippen LogP contribution is 2.39. The molecule has 2 atom stereocenters. The third-order valence-electron chi connectivity index (χ3n) is 4.34. The van der Waals surface area contributed by atoms with Crippen molar-refractivity contribution in [3.05, 3.63) is 12.2 Å². The number of nitrogens with one attached hydrogen (secondary N) is 1. The number of carboxylic acids is 1. The van der Waals surface area contributed by atoms with Crippen molar-refractivity contribution in [3.63, 3.8) is 0 Å². The van der Waals surface area contributed by atoms with E-state index in [2.05, 4.69) is 12.2 Å². The van der Waals surface area contributed by atoms with Gasteiger partial charge in [0.2, 0.25) is 5.91 Å². The number of carbonyl (C=O) groups excluding carboxylic acids is 1. The van der Waals surface area contributed by atoms with E-state index >= 15 is 0 Å². The molecule has 2 N–H and O–H groups in total. The second-order valence-electron chi connectivity index (χ2n) is 5.88. The summed E-state index contributed by atoms with van der Waals surface area (Å²) in [5, 5.41) is 12.1. The van der Waals surface area contributed by atoms with E-state index < -0.39 is 17.8 Å². The highest BCUT2D eigenvalue weighted by molar-refractivity contribution is 5.85. The molecule has 0 aromatic heterocycles. The first-order chi connectivity index (χ1) is 8.52. The van der Waals surface area contributed by atoms with Gasteiger partial charge in [0.25, 0.3) is 0 Å². The van der Waals surface area contributed by atoms with Crippen LogP contribution in [0.5, 0.6) is 0 Å². The largest absolute Gasteiger partial charge is 0.481 e. The fourth-order valence-corrected chi connectivity index (χ4v) is 2.77. The van der Waals surface area contributed by atoms with Crippen LogP contribution >= 0.6 is 0 Å². The van der Waals surface area contributed by atoms with Gasteiger partial charge in [-0.2, -0.15) is 0 Å². The van der Waals surface area contributed by atoms with Crippen LogP contribution in [0.15, 0.2) is 12.2 Å². The predicted octanol–water partition coefficient (Wildman–Crippen LogP) is 1.96. The third kappa shape index (κ3) is 2.74. The zero-order chi connectivity index (χ0) is 13.2. The Morgan fingerprint density at radius 2 is 1.89 bits per heavy atom. The maximum Gasteiger partial charge on any atom is 0.307 e. The first-order valence-corrected chi connectivity index (χ1v) is 6.67. The monoisotopic (exact) mass is 251 g/mol. The Morgan fingerprint density at radius 3 is 2.39 bits per heavy atom. The van der Waals surface area contributed by atoms with Gasteiger partial charge < -0.3 is 10.4 Å². The number of carboxylic acid groups (broad SMARTS) is 1. The summed E-state index contributed by atoms with van der Waals surface area (Å²) >= 11 is 0. The lowest BCUT2D eigenvalue weighted by Gasteiger charge is -2.39. The van der Waals surface area contributed by atoms with Gasteiger partial charge in [0.05, 0.1) is 11.8 Å². The number of allylic oxidation sites excluding steroid dienone is 2. The lowest BCUT2D eigenvalue weighted by Crippen LogP contribution is -2.44. The van der Waals surface area contributed by atoms with Crippen molar-refractivity contribution in [1.29, 1.82) is 0 Å². The lowest BCUT2D eigenvalue weighted by molar-refractivity contribution is -0.147. The Kier molecular flexibility index (Phi) is 3.73. The molecule has 2 aliphatic rings. The summed E-state index contributed by atoms with van der Waals surface area (Å²) in [4.78, 5) is 23.2. The maximum atomic E-state index is 12.1. The molecule has 0 bridgehead atoms. The van der Waals surface area contributed by atoms with E-state index in [4.69, 9.17) is 5.11 Å². The lowest BCUT2D eigenvalue weighted by atomic mass is 9.70. The van der Waals surface area contributed by atoms with Crippen molar-refractivity contribution in [2.75, 3.05) is 6.54 Å². The van der Waals surface area contributed by atoms with Crippen LogP contribution < -0.4 is 5.32 Å². The van der Waals surface area contributed by atoms with Crippen molar-refractivity contribution in [1.82, 2.24) is 5.32 Å². The first-order valence-electron chi connectivity index (χ1n) is 6.67. The molecule has 1 saturated carbocycles. The quantitative estimate of drug-likeness (QED) is 0.751. The number of hydrogen-bond donors (Lipinski definition) is 2. The van der Waals surface area contributed by atoms with Crippen LogP contribution in [0.25, 0.3) is 0 Å². The van der Waals surface area contributed by atoms with Crippen LogP contribution in [-0.2, 0) is 9.59 Å². The van der Waals surface area contributed by atoms with Gasteiger partial charge in [0.1, 0.15) is 0 Å². The third-order valence-corrected chi connectivity index (χ3v) is 4.34. The highest BCUT2D eigenvalue weighted by Gasteiger charge is 2.36.